The number of ketones is 2. The second-order valence-corrected chi connectivity index (χ2v) is 11.1. The quantitative estimate of drug-likeness (QED) is 0.296. The summed E-state index contributed by atoms with van der Waals surface area (Å²) >= 11 is 0. The molecule has 6 atom stereocenters. The average molecular weight is 495 g/mol. The molecule has 6 unspecified atom stereocenters. The maximum absolute atomic E-state index is 14.8. The summed E-state index contributed by atoms with van der Waals surface area (Å²) in [5.41, 5.74) is 8.90. The molecule has 0 aromatic heterocycles. The van der Waals surface area contributed by atoms with E-state index in [1.165, 1.54) is 16.7 Å². The highest BCUT2D eigenvalue weighted by molar-refractivity contribution is 6.22. The highest BCUT2D eigenvalue weighted by Gasteiger charge is 2.62. The van der Waals surface area contributed by atoms with Crippen molar-refractivity contribution in [3.05, 3.63) is 143 Å². The van der Waals surface area contributed by atoms with E-state index in [4.69, 9.17) is 0 Å². The van der Waals surface area contributed by atoms with Gasteiger partial charge in [-0.15, -0.1) is 0 Å². The SMILES string of the molecule is Cc1ccccc1C1c2ccccc2C(C)C2C(=O)C3C(c4ccccc4)=C(c4ccccc4)C3C(=O)C12. The van der Waals surface area contributed by atoms with Crippen molar-refractivity contribution in [3.8, 4) is 0 Å². The first-order valence-electron chi connectivity index (χ1n) is 13.6. The van der Waals surface area contributed by atoms with Crippen LogP contribution in [0.1, 0.15) is 52.1 Å². The zero-order valence-electron chi connectivity index (χ0n) is 21.7. The van der Waals surface area contributed by atoms with Crippen molar-refractivity contribution in [2.75, 3.05) is 0 Å². The van der Waals surface area contributed by atoms with E-state index in [0.29, 0.717) is 0 Å². The molecule has 3 aliphatic rings. The third kappa shape index (κ3) is 3.19. The van der Waals surface area contributed by atoms with Crippen molar-refractivity contribution in [2.45, 2.75) is 25.7 Å². The van der Waals surface area contributed by atoms with Gasteiger partial charge < -0.3 is 0 Å². The summed E-state index contributed by atoms with van der Waals surface area (Å²) in [7, 11) is 0. The van der Waals surface area contributed by atoms with Gasteiger partial charge in [0.1, 0.15) is 11.6 Å². The lowest BCUT2D eigenvalue weighted by Gasteiger charge is -2.53. The summed E-state index contributed by atoms with van der Waals surface area (Å²) < 4.78 is 0. The molecule has 0 radical (unpaired) electrons. The van der Waals surface area contributed by atoms with Crippen LogP contribution in [0, 0.1) is 30.6 Å². The van der Waals surface area contributed by atoms with Crippen LogP contribution in [0.4, 0.5) is 0 Å². The maximum atomic E-state index is 14.8. The number of benzene rings is 4. The number of carbonyl (C=O) groups excluding carboxylic acids is 2. The largest absolute Gasteiger partial charge is 0.299 e. The van der Waals surface area contributed by atoms with Crippen molar-refractivity contribution in [3.63, 3.8) is 0 Å². The lowest BCUT2D eigenvalue weighted by Crippen LogP contribution is -2.57. The van der Waals surface area contributed by atoms with E-state index in [-0.39, 0.29) is 41.2 Å². The van der Waals surface area contributed by atoms with Crippen molar-refractivity contribution < 1.29 is 9.59 Å². The van der Waals surface area contributed by atoms with Gasteiger partial charge in [0.25, 0.3) is 0 Å². The highest BCUT2D eigenvalue weighted by atomic mass is 16.1. The molecule has 0 saturated heterocycles. The molecule has 1 fully saturated rings. The topological polar surface area (TPSA) is 34.1 Å². The van der Waals surface area contributed by atoms with Crippen LogP contribution in [0.5, 0.6) is 0 Å². The first-order valence-corrected chi connectivity index (χ1v) is 13.6. The molecule has 186 valence electrons. The molecule has 4 aromatic rings. The predicted molar refractivity (Wildman–Crippen MR) is 152 cm³/mol. The molecule has 3 aliphatic carbocycles. The Labute approximate surface area is 224 Å². The van der Waals surface area contributed by atoms with Gasteiger partial charge in [-0.25, -0.2) is 0 Å². The summed E-state index contributed by atoms with van der Waals surface area (Å²) in [5.74, 6) is -1.15. The van der Waals surface area contributed by atoms with Crippen molar-refractivity contribution in [2.24, 2.45) is 23.7 Å². The molecule has 2 heteroatoms. The first-order chi connectivity index (χ1) is 18.6. The number of aryl methyl sites for hydroxylation is 1. The minimum absolute atomic E-state index is 0.00772. The molecule has 0 heterocycles. The van der Waals surface area contributed by atoms with E-state index in [1.54, 1.807) is 0 Å². The second-order valence-electron chi connectivity index (χ2n) is 11.1. The summed E-state index contributed by atoms with van der Waals surface area (Å²) in [6, 6.07) is 37.2. The second kappa shape index (κ2) is 8.77. The van der Waals surface area contributed by atoms with Gasteiger partial charge in [0, 0.05) is 17.8 Å². The first kappa shape index (κ1) is 23.1. The van der Waals surface area contributed by atoms with Gasteiger partial charge in [0.2, 0.25) is 0 Å². The zero-order chi connectivity index (χ0) is 26.0. The van der Waals surface area contributed by atoms with Crippen LogP contribution in [0.3, 0.4) is 0 Å². The normalized spacial score (nSPS) is 27.7. The number of carbonyl (C=O) groups is 2. The highest BCUT2D eigenvalue weighted by Crippen LogP contribution is 2.62. The molecule has 0 N–H and O–H groups in total. The van der Waals surface area contributed by atoms with E-state index in [9.17, 15) is 9.59 Å². The fraction of sp³-hybridized carbons (Fsp3) is 0.222. The van der Waals surface area contributed by atoms with Gasteiger partial charge in [0.05, 0.1) is 11.8 Å². The van der Waals surface area contributed by atoms with Gasteiger partial charge in [-0.1, -0.05) is 116 Å². The summed E-state index contributed by atoms with van der Waals surface area (Å²) in [5, 5.41) is 0. The number of allylic oxidation sites excluding steroid dienone is 2. The van der Waals surface area contributed by atoms with Crippen molar-refractivity contribution in [1.82, 2.24) is 0 Å². The van der Waals surface area contributed by atoms with Crippen LogP contribution in [0.25, 0.3) is 11.1 Å². The number of hydrogen-bond donors (Lipinski definition) is 0. The van der Waals surface area contributed by atoms with Crippen LogP contribution in [0.15, 0.2) is 109 Å². The maximum Gasteiger partial charge on any atom is 0.146 e. The molecule has 2 nitrogen and oxygen atoms in total. The Bertz CT molecular complexity index is 1600. The fourth-order valence-electron chi connectivity index (χ4n) is 7.68. The van der Waals surface area contributed by atoms with Crippen LogP contribution >= 0.6 is 0 Å². The number of fused-ring (bicyclic) bond motifs is 3. The smallest absolute Gasteiger partial charge is 0.146 e. The Morgan fingerprint density at radius 1 is 0.474 bits per heavy atom. The average Bonchev–Trinajstić information content (AvgIpc) is 2.93. The van der Waals surface area contributed by atoms with Gasteiger partial charge in [-0.2, -0.15) is 0 Å². The third-order valence-corrected chi connectivity index (χ3v) is 9.32. The van der Waals surface area contributed by atoms with Crippen molar-refractivity contribution >= 4 is 22.7 Å². The van der Waals surface area contributed by atoms with Crippen LogP contribution in [-0.2, 0) is 9.59 Å². The van der Waals surface area contributed by atoms with E-state index in [1.807, 2.05) is 42.5 Å². The van der Waals surface area contributed by atoms with Crippen LogP contribution < -0.4 is 0 Å². The molecule has 1 saturated carbocycles. The van der Waals surface area contributed by atoms with Gasteiger partial charge in [0.15, 0.2) is 0 Å². The zero-order valence-corrected chi connectivity index (χ0v) is 21.7. The van der Waals surface area contributed by atoms with E-state index < -0.39 is 5.92 Å². The minimum Gasteiger partial charge on any atom is -0.299 e. The summed E-state index contributed by atoms with van der Waals surface area (Å²) in [4.78, 5) is 29.4. The van der Waals surface area contributed by atoms with Crippen molar-refractivity contribution in [1.29, 1.82) is 0 Å². The number of rotatable bonds is 3. The monoisotopic (exact) mass is 494 g/mol. The minimum atomic E-state index is -0.398. The third-order valence-electron chi connectivity index (χ3n) is 9.32. The van der Waals surface area contributed by atoms with Crippen LogP contribution in [0.2, 0.25) is 0 Å². The molecule has 0 spiro atoms. The molecule has 38 heavy (non-hydrogen) atoms. The number of hydrogen-bond acceptors (Lipinski definition) is 2. The molecule has 0 bridgehead atoms. The lowest BCUT2D eigenvalue weighted by molar-refractivity contribution is -0.145. The Hall–Kier alpha value is -4.04. The fourth-order valence-corrected chi connectivity index (χ4v) is 7.68. The molecule has 4 aromatic carbocycles. The molecule has 0 aliphatic heterocycles. The summed E-state index contributed by atoms with van der Waals surface area (Å²) in [6.45, 7) is 4.27. The predicted octanol–water partition coefficient (Wildman–Crippen LogP) is 7.49. The summed E-state index contributed by atoms with van der Waals surface area (Å²) in [6.07, 6.45) is 0. The van der Waals surface area contributed by atoms with E-state index in [2.05, 4.69) is 80.6 Å². The molecular formula is C36H30O2. The molecule has 0 amide bonds. The standard InChI is InChI=1S/C36H30O2/c1-21-13-9-10-18-25(21)31-27-20-12-11-19-26(27)22(2)28-32(31)36(38)34-30(24-16-7-4-8-17-24)29(33(34)35(28)37)23-14-5-3-6-15-23/h3-20,22,28,31-34H,1-2H3. The molecule has 7 rings (SSSR count). The van der Waals surface area contributed by atoms with E-state index in [0.717, 1.165) is 27.8 Å². The Kier molecular flexibility index (Phi) is 5.33. The Morgan fingerprint density at radius 3 is 1.47 bits per heavy atom. The van der Waals surface area contributed by atoms with Gasteiger partial charge in [-0.05, 0) is 57.4 Å². The Balaban J connectivity index is 1.46. The Morgan fingerprint density at radius 2 is 0.921 bits per heavy atom. The van der Waals surface area contributed by atoms with Gasteiger partial charge in [-0.3, -0.25) is 9.59 Å². The lowest BCUT2D eigenvalue weighted by atomic mass is 9.46. The number of Topliss-reactive ketones (excluding diaryl/α,β-unsaturated/α-hetero) is 2. The molecular weight excluding hydrogens is 464 g/mol. The van der Waals surface area contributed by atoms with E-state index >= 15 is 0 Å². The van der Waals surface area contributed by atoms with Gasteiger partial charge >= 0.3 is 0 Å². The van der Waals surface area contributed by atoms with Crippen LogP contribution in [-0.4, -0.2) is 11.6 Å².